The number of amides is 13. The van der Waals surface area contributed by atoms with E-state index in [1.165, 1.54) is 101 Å². The minimum atomic E-state index is -1.80. The van der Waals surface area contributed by atoms with Crippen molar-refractivity contribution in [2.75, 3.05) is 13.1 Å². The zero-order valence-corrected chi connectivity index (χ0v) is 69.8. The summed E-state index contributed by atoms with van der Waals surface area (Å²) < 4.78 is 0. The monoisotopic (exact) mass is 1630 g/mol. The van der Waals surface area contributed by atoms with Crippen molar-refractivity contribution in [2.24, 2.45) is 39.9 Å². The molecule has 22 N–H and O–H groups in total. The normalized spacial score (nSPS) is 16.4. The highest BCUT2D eigenvalue weighted by molar-refractivity contribution is 6.00. The third-order valence-corrected chi connectivity index (χ3v) is 20.3. The first-order chi connectivity index (χ1) is 54.8. The number of hydrogen-bond acceptors (Lipinski definition) is 18. The number of aliphatic hydroxyl groups excluding tert-OH is 3. The van der Waals surface area contributed by atoms with Crippen molar-refractivity contribution >= 4 is 93.7 Å². The molecule has 34 nitrogen and oxygen atoms in total. The van der Waals surface area contributed by atoms with Crippen LogP contribution in [-0.2, 0) is 75.2 Å². The first-order valence-electron chi connectivity index (χ1n) is 41.2. The van der Waals surface area contributed by atoms with E-state index in [0.29, 0.717) is 34.9 Å². The molecular formula is C82H133N17O17. The summed E-state index contributed by atoms with van der Waals surface area (Å²) in [5, 5.41) is 71.8. The smallest absolute Gasteiger partial charge is 0.245 e. The Morgan fingerprint density at radius 2 is 0.931 bits per heavy atom. The number of aromatic nitrogens is 1. The second kappa shape index (κ2) is 50.5. The molecule has 0 saturated carbocycles. The molecule has 0 bridgehead atoms. The fourth-order valence-corrected chi connectivity index (χ4v) is 13.7. The highest BCUT2D eigenvalue weighted by atomic mass is 16.3. The van der Waals surface area contributed by atoms with E-state index in [0.717, 1.165) is 39.5 Å². The lowest BCUT2D eigenvalue weighted by molar-refractivity contribution is -0.143. The highest BCUT2D eigenvalue weighted by Gasteiger charge is 2.42. The van der Waals surface area contributed by atoms with Gasteiger partial charge in [0.1, 0.15) is 78.3 Å². The molecule has 116 heavy (non-hydrogen) atoms. The number of carbonyl (C=O) groups is 13. The van der Waals surface area contributed by atoms with Crippen LogP contribution in [0.25, 0.3) is 10.9 Å². The van der Waals surface area contributed by atoms with E-state index in [-0.39, 0.29) is 93.9 Å². The highest BCUT2D eigenvalue weighted by Crippen LogP contribution is 2.24. The molecule has 2 aromatic carbocycles. The Morgan fingerprint density at radius 3 is 1.45 bits per heavy atom. The largest absolute Gasteiger partial charge is 0.508 e. The Labute approximate surface area is 681 Å². The number of H-pyrrole nitrogens is 1. The average Bonchev–Trinajstić information content (AvgIpc) is 1.72. The predicted octanol–water partition coefficient (Wildman–Crippen LogP) is 1.93. The summed E-state index contributed by atoms with van der Waals surface area (Å²) in [6.45, 7) is 19.3. The van der Waals surface area contributed by atoms with E-state index in [4.69, 9.17) is 17.2 Å². The van der Waals surface area contributed by atoms with E-state index < -0.39 is 168 Å². The Morgan fingerprint density at radius 1 is 0.483 bits per heavy atom. The minimum Gasteiger partial charge on any atom is -0.508 e. The van der Waals surface area contributed by atoms with E-state index in [1.54, 1.807) is 58.2 Å². The molecule has 1 aromatic heterocycles. The summed E-state index contributed by atoms with van der Waals surface area (Å²) in [4.78, 5) is 191. The van der Waals surface area contributed by atoms with Gasteiger partial charge in [0, 0.05) is 49.5 Å². The molecule has 1 fully saturated rings. The lowest BCUT2D eigenvalue weighted by atomic mass is 9.99. The third kappa shape index (κ3) is 34.1. The summed E-state index contributed by atoms with van der Waals surface area (Å²) >= 11 is 0. The number of aliphatic hydroxyl groups is 3. The Hall–Kier alpha value is -9.96. The number of carbonyl (C=O) groups excluding carboxylic acids is 13. The van der Waals surface area contributed by atoms with Crippen molar-refractivity contribution in [3.8, 4) is 5.75 Å². The van der Waals surface area contributed by atoms with Crippen molar-refractivity contribution in [1.29, 1.82) is 0 Å². The number of phenols is 1. The average molecular weight is 1630 g/mol. The second-order valence-electron chi connectivity index (χ2n) is 32.0. The number of hydrogen-bond donors (Lipinski definition) is 19. The van der Waals surface area contributed by atoms with E-state index in [9.17, 15) is 82.8 Å². The molecule has 0 spiro atoms. The number of para-hydroxylation sites is 1. The number of aliphatic imine (C=N–C) groups is 1. The van der Waals surface area contributed by atoms with Gasteiger partial charge >= 0.3 is 0 Å². The SMILES string of the molecule is CCCCCCCCCCCCCCCC(=O)N[C@H](C(=O)N[C@H](C(=O)N[C@@H](CC(C)C)C(=O)N1CCC[C@H]1C(=O)N[C@@H](CC(C)C)C(=O)N[C@@H](Cc1c[nH]c2ccccc12)C(=O)N[C@@H](C)C(=O)N[C@H](C(=O)N[C@@H](C)C(=O)N[C@H](C(=O)N[C@@H](Cc1ccc(O)cc1)C(=O)N[C@@H](CCCN=C(N)N)C(N)=O)[C@@H](C)O)[C@@H](C)O)[C@@H](C)O)C(C)C. The lowest BCUT2D eigenvalue weighted by Crippen LogP contribution is -2.62. The number of fused-ring (bicyclic) bond motifs is 1. The molecule has 0 unspecified atom stereocenters. The summed E-state index contributed by atoms with van der Waals surface area (Å²) in [6, 6.07) is -4.40. The number of nitrogens with zero attached hydrogens (tertiary/aromatic N) is 2. The van der Waals surface area contributed by atoms with E-state index in [1.807, 2.05) is 13.8 Å². The van der Waals surface area contributed by atoms with Crippen LogP contribution in [0.5, 0.6) is 5.75 Å². The van der Waals surface area contributed by atoms with Crippen molar-refractivity contribution in [1.82, 2.24) is 68.4 Å². The summed E-state index contributed by atoms with van der Waals surface area (Å²) in [5.74, 6) is -12.2. The van der Waals surface area contributed by atoms with Crippen LogP contribution in [0.3, 0.4) is 0 Å². The molecule has 0 aliphatic carbocycles. The van der Waals surface area contributed by atoms with Crippen LogP contribution in [-0.4, -0.2) is 217 Å². The van der Waals surface area contributed by atoms with Gasteiger partial charge in [-0.25, -0.2) is 0 Å². The number of guanidine groups is 1. The minimum absolute atomic E-state index is 0.00142. The number of nitrogens with two attached hydrogens (primary N) is 3. The van der Waals surface area contributed by atoms with Crippen LogP contribution in [0, 0.1) is 17.8 Å². The molecule has 3 aromatic rings. The number of unbranched alkanes of at least 4 members (excludes halogenated alkanes) is 12. The number of primary amides is 1. The van der Waals surface area contributed by atoms with Crippen LogP contribution in [0.15, 0.2) is 59.7 Å². The first-order valence-corrected chi connectivity index (χ1v) is 41.2. The number of likely N-dealkylation sites (tertiary alicyclic amines) is 1. The number of aromatic hydroxyl groups is 1. The fraction of sp³-hybridized carbons (Fsp3) is 0.659. The molecule has 1 aliphatic rings. The maximum Gasteiger partial charge on any atom is 0.245 e. The number of rotatable bonds is 53. The number of phenolic OH excluding ortho intramolecular Hbond substituents is 1. The van der Waals surface area contributed by atoms with Crippen molar-refractivity contribution in [2.45, 2.75) is 315 Å². The summed E-state index contributed by atoms with van der Waals surface area (Å²) in [7, 11) is 0. The number of aromatic amines is 1. The maximum atomic E-state index is 14.8. The van der Waals surface area contributed by atoms with Gasteiger partial charge in [0.2, 0.25) is 76.8 Å². The van der Waals surface area contributed by atoms with Gasteiger partial charge in [-0.1, -0.05) is 156 Å². The van der Waals surface area contributed by atoms with Crippen LogP contribution < -0.4 is 75.7 Å². The van der Waals surface area contributed by atoms with Crippen LogP contribution >= 0.6 is 0 Å². The van der Waals surface area contributed by atoms with Gasteiger partial charge in [0.15, 0.2) is 5.96 Å². The molecule has 4 rings (SSSR count). The van der Waals surface area contributed by atoms with Crippen molar-refractivity contribution in [3.05, 3.63) is 65.9 Å². The zero-order chi connectivity index (χ0) is 86.5. The molecular weight excluding hydrogens is 1500 g/mol. The van der Waals surface area contributed by atoms with Gasteiger partial charge in [0.25, 0.3) is 0 Å². The van der Waals surface area contributed by atoms with Gasteiger partial charge in [-0.15, -0.1) is 0 Å². The van der Waals surface area contributed by atoms with Crippen molar-refractivity contribution in [3.63, 3.8) is 0 Å². The van der Waals surface area contributed by atoms with E-state index >= 15 is 0 Å². The summed E-state index contributed by atoms with van der Waals surface area (Å²) in [6.07, 6.45) is 12.5. The van der Waals surface area contributed by atoms with Gasteiger partial charge in [-0.05, 0) is 127 Å². The topological polar surface area (TPSA) is 545 Å². The molecule has 1 saturated heterocycles. The quantitative estimate of drug-likeness (QED) is 0.0218. The molecule has 648 valence electrons. The predicted molar refractivity (Wildman–Crippen MR) is 439 cm³/mol. The van der Waals surface area contributed by atoms with Crippen molar-refractivity contribution < 1.29 is 82.8 Å². The third-order valence-electron chi connectivity index (χ3n) is 20.3. The molecule has 15 atom stereocenters. The molecule has 1 aliphatic heterocycles. The number of nitrogens with one attached hydrogen (secondary N) is 12. The van der Waals surface area contributed by atoms with Crippen LogP contribution in [0.4, 0.5) is 0 Å². The zero-order valence-electron chi connectivity index (χ0n) is 69.8. The first kappa shape index (κ1) is 98.4. The molecule has 34 heteroatoms. The maximum absolute atomic E-state index is 14.8. The van der Waals surface area contributed by atoms with Gasteiger partial charge in [0.05, 0.1) is 18.3 Å². The Kier molecular flexibility index (Phi) is 42.8. The fourth-order valence-electron chi connectivity index (χ4n) is 13.7. The van der Waals surface area contributed by atoms with Gasteiger partial charge < -0.3 is 106 Å². The van der Waals surface area contributed by atoms with Crippen LogP contribution in [0.1, 0.15) is 223 Å². The number of benzene rings is 2. The Balaban J connectivity index is 1.46. The summed E-state index contributed by atoms with van der Waals surface area (Å²) in [5.41, 5.74) is 18.1. The van der Waals surface area contributed by atoms with E-state index in [2.05, 4.69) is 75.4 Å². The molecule has 13 amide bonds. The molecule has 2 heterocycles. The van der Waals surface area contributed by atoms with Gasteiger partial charge in [-0.2, -0.15) is 0 Å². The second-order valence-corrected chi connectivity index (χ2v) is 32.0. The van der Waals surface area contributed by atoms with Crippen LogP contribution in [0.2, 0.25) is 0 Å². The molecule has 0 radical (unpaired) electrons. The Bertz CT molecular complexity index is 3710. The van der Waals surface area contributed by atoms with Gasteiger partial charge in [-0.3, -0.25) is 67.3 Å². The standard InChI is InChI=1S/C82H133N17O17/c1-13-14-15-16-17-18-19-20-21-22-23-24-25-34-65(104)95-66(48(6)7)77(112)98-69(53(12)102)80(115)94-63(42-47(4)5)81(116)99-40-29-33-64(99)76(111)92-60(41-46(2)3)74(109)91-62(44-55-45-87-58-31-27-26-30-57(55)58)73(108)88-49(8)71(106)96-67(51(10)100)78(113)89-50(9)72(107)97-68(52(11)101)79(114)93-61(43-54-35-37-56(103)38-36-54)75(110)90-59(70(83)105)32-28-39-86-82(84)85/h26-27,30-31,35-38,45-53,59-64,66-69,87,100-103H,13-25,28-29,32-34,39-44H2,1-12H3,(H2,83,105)(H,88,108)(H,89,113)(H,90,110)(H,91,109)(H,92,111)(H,93,114)(H,94,115)(H,95,104)(H,96,106)(H,97,107)(H,98,112)(H4,84,85,86)/t49-,50-,51+,52+,53+,59-,60-,61-,62-,63-,64-,66-,67-,68-,69-/m0/s1. The lowest BCUT2D eigenvalue weighted by Gasteiger charge is -2.32.